The number of phenols is 1. The van der Waals surface area contributed by atoms with Crippen molar-refractivity contribution in [1.29, 1.82) is 0 Å². The molecule has 0 aliphatic rings. The maximum Gasteiger partial charge on any atom is 0.120 e. The van der Waals surface area contributed by atoms with E-state index in [-0.39, 0.29) is 0 Å². The summed E-state index contributed by atoms with van der Waals surface area (Å²) in [5.74, 6) is 0.351. The van der Waals surface area contributed by atoms with Gasteiger partial charge in [0.05, 0.1) is 0 Å². The van der Waals surface area contributed by atoms with E-state index in [1.165, 1.54) is 5.56 Å². The highest BCUT2D eigenvalue weighted by molar-refractivity contribution is 5.87. The highest BCUT2D eigenvalue weighted by atomic mass is 16.3. The molecule has 3 aromatic carbocycles. The maximum absolute atomic E-state index is 10.1. The number of nitrogens with one attached hydrogen (secondary N) is 1. The van der Waals surface area contributed by atoms with Crippen LogP contribution < -0.4 is 5.32 Å². The maximum atomic E-state index is 10.1. The van der Waals surface area contributed by atoms with Gasteiger partial charge in [-0.1, -0.05) is 60.7 Å². The summed E-state index contributed by atoms with van der Waals surface area (Å²) in [6.45, 7) is 1.45. The Bertz CT molecular complexity index is 707. The van der Waals surface area contributed by atoms with E-state index in [1.54, 1.807) is 6.07 Å². The zero-order valence-corrected chi connectivity index (χ0v) is 11.2. The average molecular weight is 263 g/mol. The Balaban J connectivity index is 1.79. The van der Waals surface area contributed by atoms with Crippen LogP contribution in [0.25, 0.3) is 10.8 Å². The molecule has 100 valence electrons. The molecule has 0 unspecified atom stereocenters. The molecule has 0 saturated carbocycles. The first kappa shape index (κ1) is 12.7. The zero-order chi connectivity index (χ0) is 13.8. The third kappa shape index (κ3) is 2.65. The normalized spacial score (nSPS) is 10.8. The van der Waals surface area contributed by atoms with Gasteiger partial charge in [0.25, 0.3) is 0 Å². The molecule has 3 rings (SSSR count). The molecule has 0 atom stereocenters. The van der Waals surface area contributed by atoms with Gasteiger partial charge in [-0.2, -0.15) is 0 Å². The molecule has 0 saturated heterocycles. The lowest BCUT2D eigenvalue weighted by Crippen LogP contribution is -2.13. The Morgan fingerprint density at radius 3 is 2.35 bits per heavy atom. The monoisotopic (exact) mass is 263 g/mol. The van der Waals surface area contributed by atoms with Crippen LogP contribution in [0.5, 0.6) is 5.75 Å². The third-order valence-corrected chi connectivity index (χ3v) is 3.49. The smallest absolute Gasteiger partial charge is 0.120 e. The molecular weight excluding hydrogens is 246 g/mol. The first-order valence-electron chi connectivity index (χ1n) is 6.79. The molecule has 0 aromatic heterocycles. The average Bonchev–Trinajstić information content (AvgIpc) is 2.50. The lowest BCUT2D eigenvalue weighted by atomic mass is 10.0. The number of aromatic hydroxyl groups is 1. The minimum atomic E-state index is 0.351. The van der Waals surface area contributed by atoms with Crippen molar-refractivity contribution in [3.63, 3.8) is 0 Å². The van der Waals surface area contributed by atoms with Crippen LogP contribution in [0.15, 0.2) is 66.7 Å². The number of hydrogen-bond acceptors (Lipinski definition) is 2. The second-order valence-electron chi connectivity index (χ2n) is 4.87. The summed E-state index contributed by atoms with van der Waals surface area (Å²) in [5.41, 5.74) is 2.20. The Hall–Kier alpha value is -2.32. The molecule has 0 aliphatic heterocycles. The predicted molar refractivity (Wildman–Crippen MR) is 82.6 cm³/mol. The van der Waals surface area contributed by atoms with Gasteiger partial charge in [-0.3, -0.25) is 0 Å². The predicted octanol–water partition coefficient (Wildman–Crippen LogP) is 3.84. The number of benzene rings is 3. The van der Waals surface area contributed by atoms with E-state index < -0.39 is 0 Å². The quantitative estimate of drug-likeness (QED) is 0.749. The summed E-state index contributed by atoms with van der Waals surface area (Å²) in [7, 11) is 0. The van der Waals surface area contributed by atoms with Crippen LogP contribution in [-0.4, -0.2) is 5.11 Å². The fourth-order valence-electron chi connectivity index (χ4n) is 2.44. The van der Waals surface area contributed by atoms with E-state index >= 15 is 0 Å². The summed E-state index contributed by atoms with van der Waals surface area (Å²) in [6, 6.07) is 22.1. The molecule has 0 amide bonds. The van der Waals surface area contributed by atoms with Gasteiger partial charge in [-0.05, 0) is 22.4 Å². The van der Waals surface area contributed by atoms with Crippen LogP contribution in [0.4, 0.5) is 0 Å². The third-order valence-electron chi connectivity index (χ3n) is 3.49. The molecule has 0 heterocycles. The second kappa shape index (κ2) is 5.76. The minimum absolute atomic E-state index is 0.351. The largest absolute Gasteiger partial charge is 0.508 e. The first-order chi connectivity index (χ1) is 9.84. The molecule has 20 heavy (non-hydrogen) atoms. The van der Waals surface area contributed by atoms with Crippen molar-refractivity contribution in [2.45, 2.75) is 13.1 Å². The van der Waals surface area contributed by atoms with Gasteiger partial charge in [-0.15, -0.1) is 0 Å². The molecule has 2 nitrogen and oxygen atoms in total. The summed E-state index contributed by atoms with van der Waals surface area (Å²) in [6.07, 6.45) is 0. The van der Waals surface area contributed by atoms with Crippen LogP contribution >= 0.6 is 0 Å². The number of fused-ring (bicyclic) bond motifs is 1. The Kier molecular flexibility index (Phi) is 3.66. The summed E-state index contributed by atoms with van der Waals surface area (Å²) in [4.78, 5) is 0. The van der Waals surface area contributed by atoms with Gasteiger partial charge in [0, 0.05) is 18.7 Å². The van der Waals surface area contributed by atoms with Gasteiger partial charge >= 0.3 is 0 Å². The fraction of sp³-hybridized carbons (Fsp3) is 0.111. The van der Waals surface area contributed by atoms with Crippen LogP contribution in [0.3, 0.4) is 0 Å². The van der Waals surface area contributed by atoms with E-state index in [0.717, 1.165) is 22.9 Å². The topological polar surface area (TPSA) is 32.3 Å². The summed E-state index contributed by atoms with van der Waals surface area (Å²) >= 11 is 0. The van der Waals surface area contributed by atoms with E-state index in [1.807, 2.05) is 36.4 Å². The molecular formula is C18H17NO. The molecule has 0 aliphatic carbocycles. The van der Waals surface area contributed by atoms with Gasteiger partial charge in [0.1, 0.15) is 5.75 Å². The van der Waals surface area contributed by atoms with E-state index in [2.05, 4.69) is 29.6 Å². The molecule has 2 heteroatoms. The Labute approximate surface area is 118 Å². The summed E-state index contributed by atoms with van der Waals surface area (Å²) < 4.78 is 0. The minimum Gasteiger partial charge on any atom is -0.508 e. The van der Waals surface area contributed by atoms with E-state index in [0.29, 0.717) is 12.3 Å². The van der Waals surface area contributed by atoms with Crippen LogP contribution in [0.1, 0.15) is 11.1 Å². The number of hydrogen-bond donors (Lipinski definition) is 2. The standard InChI is InChI=1S/C18H17NO/c20-18-11-10-15-8-4-5-9-16(15)17(18)13-19-12-14-6-2-1-3-7-14/h1-11,19-20H,12-13H2. The van der Waals surface area contributed by atoms with Gasteiger partial charge in [-0.25, -0.2) is 0 Å². The molecule has 0 radical (unpaired) electrons. The van der Waals surface area contributed by atoms with Gasteiger partial charge in [0.2, 0.25) is 0 Å². The molecule has 0 spiro atoms. The van der Waals surface area contributed by atoms with Gasteiger partial charge in [0.15, 0.2) is 0 Å². The lowest BCUT2D eigenvalue weighted by molar-refractivity contribution is 0.466. The molecule has 0 fully saturated rings. The van der Waals surface area contributed by atoms with Crippen molar-refractivity contribution in [1.82, 2.24) is 5.32 Å². The van der Waals surface area contributed by atoms with Crippen molar-refractivity contribution in [2.75, 3.05) is 0 Å². The van der Waals surface area contributed by atoms with Crippen molar-refractivity contribution >= 4 is 10.8 Å². The van der Waals surface area contributed by atoms with Crippen molar-refractivity contribution in [3.05, 3.63) is 77.9 Å². The van der Waals surface area contributed by atoms with Crippen LogP contribution in [0.2, 0.25) is 0 Å². The van der Waals surface area contributed by atoms with Crippen molar-refractivity contribution < 1.29 is 5.11 Å². The van der Waals surface area contributed by atoms with E-state index in [9.17, 15) is 5.11 Å². The lowest BCUT2D eigenvalue weighted by Gasteiger charge is -2.10. The van der Waals surface area contributed by atoms with E-state index in [4.69, 9.17) is 0 Å². The Morgan fingerprint density at radius 1 is 0.750 bits per heavy atom. The zero-order valence-electron chi connectivity index (χ0n) is 11.2. The molecule has 2 N–H and O–H groups in total. The molecule has 0 bridgehead atoms. The highest BCUT2D eigenvalue weighted by Crippen LogP contribution is 2.26. The Morgan fingerprint density at radius 2 is 1.50 bits per heavy atom. The highest BCUT2D eigenvalue weighted by Gasteiger charge is 2.06. The number of rotatable bonds is 4. The first-order valence-corrected chi connectivity index (χ1v) is 6.79. The van der Waals surface area contributed by atoms with Crippen molar-refractivity contribution in [2.24, 2.45) is 0 Å². The number of phenolic OH excluding ortho intramolecular Hbond substituents is 1. The second-order valence-corrected chi connectivity index (χ2v) is 4.87. The van der Waals surface area contributed by atoms with Crippen molar-refractivity contribution in [3.8, 4) is 5.75 Å². The summed E-state index contributed by atoms with van der Waals surface area (Å²) in [5, 5.41) is 15.7. The van der Waals surface area contributed by atoms with Gasteiger partial charge < -0.3 is 10.4 Å². The SMILES string of the molecule is Oc1ccc2ccccc2c1CNCc1ccccc1. The van der Waals surface area contributed by atoms with Crippen LogP contribution in [-0.2, 0) is 13.1 Å². The fourth-order valence-corrected chi connectivity index (χ4v) is 2.44. The van der Waals surface area contributed by atoms with Crippen LogP contribution in [0, 0.1) is 0 Å². The molecule has 3 aromatic rings.